The summed E-state index contributed by atoms with van der Waals surface area (Å²) < 4.78 is 5.30. The number of carboxylic acid groups (broad SMARTS) is 1. The molecule has 0 saturated carbocycles. The van der Waals surface area contributed by atoms with Crippen molar-refractivity contribution in [2.75, 3.05) is 0 Å². The van der Waals surface area contributed by atoms with Gasteiger partial charge in [0.1, 0.15) is 16.7 Å². The number of rotatable bonds is 5. The first-order valence-electron chi connectivity index (χ1n) is 9.06. The molecule has 8 nitrogen and oxygen atoms in total. The Kier molecular flexibility index (Phi) is 5.70. The fraction of sp³-hybridized carbons (Fsp3) is 0.400. The molecular formula is C20H22N2O6S. The van der Waals surface area contributed by atoms with Crippen LogP contribution in [-0.2, 0) is 30.3 Å². The van der Waals surface area contributed by atoms with Crippen molar-refractivity contribution < 1.29 is 29.0 Å². The summed E-state index contributed by atoms with van der Waals surface area (Å²) in [5, 5.41) is 10.8. The molecule has 1 aromatic rings. The number of β-lactam (4-membered cyclic amide) rings is 1. The van der Waals surface area contributed by atoms with E-state index in [1.54, 1.807) is 20.8 Å². The number of carboxylic acids is 1. The number of thioether (sulfide) groups is 1. The molecular weight excluding hydrogens is 396 g/mol. The van der Waals surface area contributed by atoms with Gasteiger partial charge in [-0.05, 0) is 32.4 Å². The number of benzene rings is 1. The van der Waals surface area contributed by atoms with Crippen LogP contribution in [0.3, 0.4) is 0 Å². The summed E-state index contributed by atoms with van der Waals surface area (Å²) >= 11 is 1.14. The van der Waals surface area contributed by atoms with Crippen molar-refractivity contribution in [1.29, 1.82) is 0 Å². The van der Waals surface area contributed by atoms with E-state index in [-0.39, 0.29) is 18.0 Å². The molecule has 154 valence electrons. The Morgan fingerprint density at radius 3 is 2.45 bits per heavy atom. The molecule has 0 aromatic heterocycles. The molecule has 0 bridgehead atoms. The van der Waals surface area contributed by atoms with Gasteiger partial charge in [0.05, 0.1) is 11.8 Å². The predicted molar refractivity (Wildman–Crippen MR) is 105 cm³/mol. The van der Waals surface area contributed by atoms with Crippen molar-refractivity contribution >= 4 is 35.5 Å². The second-order valence-electron chi connectivity index (χ2n) is 7.75. The van der Waals surface area contributed by atoms with E-state index in [9.17, 15) is 24.3 Å². The number of nitrogens with one attached hydrogen (secondary N) is 1. The Labute approximate surface area is 172 Å². The molecule has 2 aliphatic heterocycles. The number of nitrogens with zero attached hydrogens (tertiary/aromatic N) is 1. The van der Waals surface area contributed by atoms with Crippen LogP contribution in [0.15, 0.2) is 42.1 Å². The van der Waals surface area contributed by atoms with Crippen molar-refractivity contribution in [2.24, 2.45) is 5.92 Å². The Balaban J connectivity index is 1.74. The van der Waals surface area contributed by atoms with Crippen LogP contribution in [-0.4, -0.2) is 50.1 Å². The largest absolute Gasteiger partial charge is 0.477 e. The lowest BCUT2D eigenvalue weighted by atomic mass is 9.96. The van der Waals surface area contributed by atoms with Crippen LogP contribution < -0.4 is 5.32 Å². The fourth-order valence-corrected chi connectivity index (χ4v) is 4.53. The lowest BCUT2D eigenvalue weighted by molar-refractivity contribution is -0.175. The van der Waals surface area contributed by atoms with Crippen LogP contribution >= 0.6 is 11.8 Å². The molecule has 1 aromatic carbocycles. The number of hydrogen-bond acceptors (Lipinski definition) is 6. The first-order valence-corrected chi connectivity index (χ1v) is 10.0. The minimum absolute atomic E-state index is 0.136. The van der Waals surface area contributed by atoms with Gasteiger partial charge in [0.15, 0.2) is 5.92 Å². The summed E-state index contributed by atoms with van der Waals surface area (Å²) in [7, 11) is 0. The van der Waals surface area contributed by atoms with Crippen molar-refractivity contribution in [3.05, 3.63) is 47.7 Å². The van der Waals surface area contributed by atoms with E-state index < -0.39 is 40.1 Å². The van der Waals surface area contributed by atoms with E-state index in [4.69, 9.17) is 4.74 Å². The minimum Gasteiger partial charge on any atom is -0.477 e. The van der Waals surface area contributed by atoms with Gasteiger partial charge in [-0.2, -0.15) is 0 Å². The van der Waals surface area contributed by atoms with Crippen LogP contribution in [0.2, 0.25) is 0 Å². The number of fused-ring (bicyclic) bond motifs is 1. The molecule has 2 amide bonds. The summed E-state index contributed by atoms with van der Waals surface area (Å²) in [6.07, 6.45) is 1.45. The normalized spacial score (nSPS) is 23.4. The zero-order valence-electron chi connectivity index (χ0n) is 16.2. The van der Waals surface area contributed by atoms with Crippen molar-refractivity contribution in [3.63, 3.8) is 0 Å². The first-order chi connectivity index (χ1) is 13.6. The van der Waals surface area contributed by atoms with E-state index in [2.05, 4.69) is 5.32 Å². The van der Waals surface area contributed by atoms with Gasteiger partial charge in [-0.25, -0.2) is 4.79 Å². The molecule has 2 aliphatic rings. The number of amides is 2. The number of carbonyl (C=O) groups is 4. The third-order valence-electron chi connectivity index (χ3n) is 4.29. The topological polar surface area (TPSA) is 113 Å². The first kappa shape index (κ1) is 20.9. The van der Waals surface area contributed by atoms with Crippen molar-refractivity contribution in [1.82, 2.24) is 10.2 Å². The highest BCUT2D eigenvalue weighted by atomic mass is 32.2. The molecule has 0 aliphatic carbocycles. The zero-order valence-corrected chi connectivity index (χ0v) is 17.1. The zero-order chi connectivity index (χ0) is 21.3. The van der Waals surface area contributed by atoms with Crippen LogP contribution in [0.25, 0.3) is 0 Å². The lowest BCUT2D eigenvalue weighted by Crippen LogP contribution is -2.65. The molecule has 2 heterocycles. The highest BCUT2D eigenvalue weighted by Crippen LogP contribution is 2.44. The van der Waals surface area contributed by atoms with Crippen LogP contribution in [0.4, 0.5) is 0 Å². The minimum atomic E-state index is -1.30. The highest BCUT2D eigenvalue weighted by molar-refractivity contribution is 8.00. The van der Waals surface area contributed by atoms with E-state index in [1.807, 2.05) is 30.3 Å². The fourth-order valence-electron chi connectivity index (χ4n) is 3.10. The van der Waals surface area contributed by atoms with Crippen LogP contribution in [0.1, 0.15) is 26.3 Å². The molecule has 1 fully saturated rings. The summed E-state index contributed by atoms with van der Waals surface area (Å²) in [4.78, 5) is 49.9. The second-order valence-corrected chi connectivity index (χ2v) is 9.02. The molecule has 2 N–H and O–H groups in total. The third-order valence-corrected chi connectivity index (χ3v) is 5.60. The van der Waals surface area contributed by atoms with Gasteiger partial charge in [0, 0.05) is 0 Å². The third kappa shape index (κ3) is 4.61. The Morgan fingerprint density at radius 2 is 1.86 bits per heavy atom. The summed E-state index contributed by atoms with van der Waals surface area (Å²) in [6.45, 7) is 5.07. The molecule has 1 saturated heterocycles. The SMILES string of the molecule is CC(C)(C)OC(=O)C1C(=O)N2C(C(=O)O)=CC(NC(=O)Cc3ccccc3)S[C@H]12. The van der Waals surface area contributed by atoms with Gasteiger partial charge in [0.25, 0.3) is 0 Å². The quantitative estimate of drug-likeness (QED) is 0.423. The van der Waals surface area contributed by atoms with Crippen molar-refractivity contribution in [3.8, 4) is 0 Å². The number of hydrogen-bond donors (Lipinski definition) is 2. The monoisotopic (exact) mass is 418 g/mol. The molecule has 2 unspecified atom stereocenters. The van der Waals surface area contributed by atoms with Crippen LogP contribution in [0.5, 0.6) is 0 Å². The smallest absolute Gasteiger partial charge is 0.352 e. The number of aliphatic carboxylic acids is 1. The Bertz CT molecular complexity index is 877. The predicted octanol–water partition coefficient (Wildman–Crippen LogP) is 1.51. The molecule has 29 heavy (non-hydrogen) atoms. The van der Waals surface area contributed by atoms with Crippen molar-refractivity contribution in [2.45, 2.75) is 43.5 Å². The van der Waals surface area contributed by atoms with Gasteiger partial charge >= 0.3 is 11.9 Å². The summed E-state index contributed by atoms with van der Waals surface area (Å²) in [6, 6.07) is 9.13. The molecule has 0 spiro atoms. The lowest BCUT2D eigenvalue weighted by Gasteiger charge is -2.48. The van der Waals surface area contributed by atoms with Gasteiger partial charge in [-0.1, -0.05) is 30.3 Å². The van der Waals surface area contributed by atoms with E-state index >= 15 is 0 Å². The van der Waals surface area contributed by atoms with Gasteiger partial charge in [-0.15, -0.1) is 11.8 Å². The highest BCUT2D eigenvalue weighted by Gasteiger charge is 2.58. The summed E-state index contributed by atoms with van der Waals surface area (Å²) in [5.74, 6) is -4.00. The van der Waals surface area contributed by atoms with E-state index in [0.29, 0.717) is 0 Å². The maximum Gasteiger partial charge on any atom is 0.352 e. The van der Waals surface area contributed by atoms with Crippen LogP contribution in [0, 0.1) is 5.92 Å². The average molecular weight is 418 g/mol. The second kappa shape index (κ2) is 7.90. The average Bonchev–Trinajstić information content (AvgIpc) is 2.59. The molecule has 3 rings (SSSR count). The summed E-state index contributed by atoms with van der Waals surface area (Å²) in [5.41, 5.74) is -0.199. The van der Waals surface area contributed by atoms with E-state index in [1.165, 1.54) is 6.08 Å². The van der Waals surface area contributed by atoms with Gasteiger partial charge in [0.2, 0.25) is 11.8 Å². The van der Waals surface area contributed by atoms with Gasteiger partial charge < -0.3 is 15.2 Å². The van der Waals surface area contributed by atoms with Gasteiger partial charge in [-0.3, -0.25) is 19.3 Å². The van der Waals surface area contributed by atoms with E-state index in [0.717, 1.165) is 22.2 Å². The molecule has 3 atom stereocenters. The maximum atomic E-state index is 12.4. The number of ether oxygens (including phenoxy) is 1. The maximum absolute atomic E-state index is 12.4. The number of carbonyl (C=O) groups excluding carboxylic acids is 3. The molecule has 9 heteroatoms. The molecule has 0 radical (unpaired) electrons. The Hall–Kier alpha value is -2.81. The standard InChI is InChI=1S/C20H22N2O6S/c1-20(2,3)28-19(27)15-16(24)22-12(18(25)26)10-14(29-17(15)22)21-13(23)9-11-7-5-4-6-8-11/h4-8,10,14-15,17H,9H2,1-3H3,(H,21,23)(H,25,26)/t14?,15?,17-/m1/s1. The Morgan fingerprint density at radius 1 is 1.21 bits per heavy atom. The number of esters is 1.